The van der Waals surface area contributed by atoms with Crippen LogP contribution in [0.1, 0.15) is 93.5 Å². The van der Waals surface area contributed by atoms with Crippen LogP contribution in [-0.4, -0.2) is 185 Å². The molecule has 2 atom stereocenters. The Hall–Kier alpha value is -8.38. The first kappa shape index (κ1) is 69.4. The number of likely N-dealkylation sites (tertiary alicyclic amines) is 2. The summed E-state index contributed by atoms with van der Waals surface area (Å²) in [4.78, 5) is 79.7. The van der Waals surface area contributed by atoms with Gasteiger partial charge in [0.25, 0.3) is 11.8 Å². The summed E-state index contributed by atoms with van der Waals surface area (Å²) in [5.41, 5.74) is 1.06. The van der Waals surface area contributed by atoms with Crippen molar-refractivity contribution in [1.29, 1.82) is 0 Å². The molecule has 1 aliphatic carbocycles. The van der Waals surface area contributed by atoms with Crippen LogP contribution >= 0.6 is 0 Å². The Bertz CT molecular complexity index is 3610. The SMILES string of the molecule is CN(CCN1CCC(OC(=O)Nc2ccccc2-c2ccccc2)CC1)C(=O)CCN(C)c1ccc(C(=O)N(C)CCCN(C)C(=O)CO[C@H]2Cc3ccccc3C23CCN(CC[C@@]2(c4ccc(F)cc4)CN(C(=O)c4cc(C(F)(F)F)cc(C(F)(F)F)c4)CO2)CC3)cc1. The highest BCUT2D eigenvalue weighted by atomic mass is 19.4. The van der Waals surface area contributed by atoms with Crippen LogP contribution in [0.3, 0.4) is 0 Å². The molecule has 3 fully saturated rings. The highest BCUT2D eigenvalue weighted by molar-refractivity contribution is 5.95. The van der Waals surface area contributed by atoms with Crippen molar-refractivity contribution in [2.45, 2.75) is 86.9 Å². The van der Waals surface area contributed by atoms with Crippen molar-refractivity contribution >= 4 is 41.1 Å². The largest absolute Gasteiger partial charge is 0.446 e. The van der Waals surface area contributed by atoms with Gasteiger partial charge in [-0.25, -0.2) is 9.18 Å². The first-order valence-corrected chi connectivity index (χ1v) is 32.2. The molecule has 3 saturated heterocycles. The minimum Gasteiger partial charge on any atom is -0.446 e. The fourth-order valence-corrected chi connectivity index (χ4v) is 13.4. The fraction of sp³-hybridized carbons (Fsp3) is 0.431. The van der Waals surface area contributed by atoms with Crippen molar-refractivity contribution < 1.29 is 68.9 Å². The predicted octanol–water partition coefficient (Wildman–Crippen LogP) is 11.8. The lowest BCUT2D eigenvalue weighted by molar-refractivity contribution is -0.143. The molecule has 16 nitrogen and oxygen atoms in total. The number of carbonyl (C=O) groups is 5. The van der Waals surface area contributed by atoms with E-state index in [1.807, 2.05) is 97.9 Å². The number of amides is 5. The van der Waals surface area contributed by atoms with Crippen LogP contribution in [-0.2, 0) is 53.6 Å². The summed E-state index contributed by atoms with van der Waals surface area (Å²) in [6.07, 6.45) is -6.87. The summed E-state index contributed by atoms with van der Waals surface area (Å²) >= 11 is 0. The van der Waals surface area contributed by atoms with Crippen molar-refractivity contribution in [2.75, 3.05) is 124 Å². The number of ether oxygens (including phenoxy) is 3. The number of anilines is 2. The first-order chi connectivity index (χ1) is 45.4. The Morgan fingerprint density at radius 3 is 1.96 bits per heavy atom. The van der Waals surface area contributed by atoms with Gasteiger partial charge in [0.2, 0.25) is 11.8 Å². The number of carbonyl (C=O) groups excluding carboxylic acids is 5. The van der Waals surface area contributed by atoms with Crippen LogP contribution in [0.15, 0.2) is 146 Å². The van der Waals surface area contributed by atoms with Crippen molar-refractivity contribution in [3.63, 3.8) is 0 Å². The van der Waals surface area contributed by atoms with Gasteiger partial charge in [0, 0.05) is 115 Å². The van der Waals surface area contributed by atoms with E-state index in [1.165, 1.54) is 24.3 Å². The third-order valence-corrected chi connectivity index (χ3v) is 19.2. The highest BCUT2D eigenvalue weighted by Gasteiger charge is 2.50. The molecule has 3 aliphatic heterocycles. The van der Waals surface area contributed by atoms with E-state index in [1.54, 1.807) is 40.9 Å². The number of nitrogens with zero attached hydrogens (tertiary/aromatic N) is 7. The number of benzene rings is 6. The topological polar surface area (TPSA) is 148 Å². The third-order valence-electron chi connectivity index (χ3n) is 19.2. The molecule has 0 radical (unpaired) electrons. The molecule has 1 spiro atoms. The van der Waals surface area contributed by atoms with Gasteiger partial charge in [0.15, 0.2) is 0 Å². The standard InChI is InChI=1S/C72H81F7N8O8/c1-81(35-29-64(88)83(3)41-42-85-36-27-59(28-37-85)95-68(92)80-62-18-11-9-16-60(62)50-13-6-5-7-14-50)58-25-19-51(20-26-58)66(90)84(4)34-12-33-82(2)65(89)47-93-63-45-52-15-8-10-17-61(52)69(63)30-38-86(39-31-69)40-32-70(54-21-23-57(73)24-22-54)48-87(49-94-70)67(91)53-43-55(71(74,75)76)46-56(44-53)72(77,78)79/h5-11,13-26,43-44,46,59,63H,12,27-42,45,47-49H2,1-4H3,(H,80,92)/t63-,70-/m0/s1. The van der Waals surface area contributed by atoms with Crippen molar-refractivity contribution in [3.8, 4) is 11.1 Å². The molecule has 506 valence electrons. The molecule has 0 aromatic heterocycles. The minimum atomic E-state index is -5.15. The number of rotatable bonds is 23. The maximum Gasteiger partial charge on any atom is 0.416 e. The number of hydrogen-bond acceptors (Lipinski definition) is 11. The maximum atomic E-state index is 14.2. The zero-order chi connectivity index (χ0) is 67.7. The first-order valence-electron chi connectivity index (χ1n) is 32.2. The Balaban J connectivity index is 0.635. The van der Waals surface area contributed by atoms with Crippen LogP contribution in [0, 0.1) is 5.82 Å². The molecule has 3 heterocycles. The molecule has 4 aliphatic rings. The molecule has 1 N–H and O–H groups in total. The third kappa shape index (κ3) is 17.0. The second-order valence-electron chi connectivity index (χ2n) is 25.4. The molecule has 0 unspecified atom stereocenters. The molecule has 6 aromatic rings. The minimum absolute atomic E-state index is 0.0199. The van der Waals surface area contributed by atoms with E-state index in [0.717, 1.165) is 45.9 Å². The molecule has 6 aromatic carbocycles. The van der Waals surface area contributed by atoms with Crippen molar-refractivity contribution in [1.82, 2.24) is 29.4 Å². The molecule has 0 bridgehead atoms. The Labute approximate surface area is 549 Å². The van der Waals surface area contributed by atoms with Gasteiger partial charge in [0.1, 0.15) is 30.9 Å². The molecular weight excluding hydrogens is 1240 g/mol. The summed E-state index contributed by atoms with van der Waals surface area (Å²) in [6.45, 7) is 4.84. The van der Waals surface area contributed by atoms with Crippen molar-refractivity contribution in [3.05, 3.63) is 190 Å². The Kier molecular flexibility index (Phi) is 22.0. The second-order valence-corrected chi connectivity index (χ2v) is 25.4. The number of piperidine rings is 2. The molecule has 5 amide bonds. The monoisotopic (exact) mass is 1320 g/mol. The number of halogens is 7. The number of para-hydroxylation sites is 1. The zero-order valence-electron chi connectivity index (χ0n) is 53.9. The van der Waals surface area contributed by atoms with Gasteiger partial charge in [0.05, 0.1) is 29.5 Å². The Morgan fingerprint density at radius 1 is 0.653 bits per heavy atom. The molecular formula is C72H81F7N8O8. The summed E-state index contributed by atoms with van der Waals surface area (Å²) in [7, 11) is 7.15. The van der Waals surface area contributed by atoms with Crippen LogP contribution in [0.25, 0.3) is 11.1 Å². The maximum absolute atomic E-state index is 14.2. The van der Waals surface area contributed by atoms with E-state index in [-0.39, 0.29) is 55.6 Å². The predicted molar refractivity (Wildman–Crippen MR) is 346 cm³/mol. The van der Waals surface area contributed by atoms with Gasteiger partial charge in [-0.05, 0) is 141 Å². The molecule has 0 saturated carbocycles. The summed E-state index contributed by atoms with van der Waals surface area (Å²) in [6, 6.07) is 39.1. The van der Waals surface area contributed by atoms with Crippen LogP contribution in [0.2, 0.25) is 0 Å². The molecule has 10 rings (SSSR count). The summed E-state index contributed by atoms with van der Waals surface area (Å²) in [5.74, 6) is -1.96. The smallest absolute Gasteiger partial charge is 0.416 e. The normalized spacial score (nSPS) is 18.3. The Morgan fingerprint density at radius 2 is 1.27 bits per heavy atom. The lowest BCUT2D eigenvalue weighted by Crippen LogP contribution is -2.50. The fourth-order valence-electron chi connectivity index (χ4n) is 13.4. The van der Waals surface area contributed by atoms with Crippen molar-refractivity contribution in [2.24, 2.45) is 0 Å². The summed E-state index contributed by atoms with van der Waals surface area (Å²) < 4.78 is 116. The van der Waals surface area contributed by atoms with Gasteiger partial charge < -0.3 is 48.5 Å². The van der Waals surface area contributed by atoms with Gasteiger partial charge in [-0.3, -0.25) is 24.5 Å². The average Bonchev–Trinajstić information content (AvgIpc) is 1.55. The van der Waals surface area contributed by atoms with E-state index in [9.17, 15) is 54.7 Å². The molecule has 23 heteroatoms. The number of hydrogen-bond donors (Lipinski definition) is 1. The zero-order valence-corrected chi connectivity index (χ0v) is 53.9. The highest BCUT2D eigenvalue weighted by Crippen LogP contribution is 2.48. The molecule has 95 heavy (non-hydrogen) atoms. The van der Waals surface area contributed by atoms with E-state index in [2.05, 4.69) is 27.2 Å². The van der Waals surface area contributed by atoms with Crippen LogP contribution < -0.4 is 10.2 Å². The second kappa shape index (κ2) is 30.1. The van der Waals surface area contributed by atoms with Crippen LogP contribution in [0.4, 0.5) is 46.9 Å². The van der Waals surface area contributed by atoms with E-state index in [4.69, 9.17) is 14.2 Å². The number of fused-ring (bicyclic) bond motifs is 2. The van der Waals surface area contributed by atoms with E-state index in [0.29, 0.717) is 126 Å². The average molecular weight is 1320 g/mol. The lowest BCUT2D eigenvalue weighted by Gasteiger charge is -2.44. The van der Waals surface area contributed by atoms with Crippen LogP contribution in [0.5, 0.6) is 0 Å². The van der Waals surface area contributed by atoms with E-state index < -0.39 is 64.6 Å². The van der Waals surface area contributed by atoms with Gasteiger partial charge >= 0.3 is 18.4 Å². The number of nitrogens with one attached hydrogen (secondary N) is 1. The van der Waals surface area contributed by atoms with Gasteiger partial charge in [-0.2, -0.15) is 26.3 Å². The van der Waals surface area contributed by atoms with Gasteiger partial charge in [-0.1, -0.05) is 84.9 Å². The van der Waals surface area contributed by atoms with E-state index >= 15 is 0 Å². The lowest BCUT2D eigenvalue weighted by atomic mass is 9.72. The quantitative estimate of drug-likeness (QED) is 0.0611. The van der Waals surface area contributed by atoms with Gasteiger partial charge in [-0.15, -0.1) is 0 Å². The number of alkyl halides is 6. The summed E-state index contributed by atoms with van der Waals surface area (Å²) in [5, 5.41) is 2.92. The number of likely N-dealkylation sites (N-methyl/N-ethyl adjacent to an activating group) is 2.